The van der Waals surface area contributed by atoms with Crippen molar-refractivity contribution < 1.29 is 22.3 Å². The van der Waals surface area contributed by atoms with Crippen LogP contribution in [-0.2, 0) is 6.18 Å². The number of rotatable bonds is 3. The lowest BCUT2D eigenvalue weighted by atomic mass is 10.0. The molecule has 0 saturated heterocycles. The fourth-order valence-corrected chi connectivity index (χ4v) is 3.19. The van der Waals surface area contributed by atoms with Crippen molar-refractivity contribution in [3.05, 3.63) is 83.1 Å². The molecule has 0 amide bonds. The van der Waals surface area contributed by atoms with Gasteiger partial charge in [0.1, 0.15) is 17.7 Å². The second-order valence-electron chi connectivity index (χ2n) is 6.55. The number of ether oxygens (including phenoxy) is 1. The van der Waals surface area contributed by atoms with E-state index in [1.807, 2.05) is 30.3 Å². The zero-order valence-electron chi connectivity index (χ0n) is 15.5. The Bertz CT molecular complexity index is 1480. The summed E-state index contributed by atoms with van der Waals surface area (Å²) in [5.74, 6) is -0.351. The Balaban J connectivity index is 1.61. The van der Waals surface area contributed by atoms with E-state index in [4.69, 9.17) is 9.15 Å². The van der Waals surface area contributed by atoms with E-state index < -0.39 is 17.5 Å². The zero-order valence-corrected chi connectivity index (χ0v) is 15.5. The Labute approximate surface area is 171 Å². The quantitative estimate of drug-likeness (QED) is 0.390. The molecule has 0 saturated carbocycles. The number of halogens is 3. The van der Waals surface area contributed by atoms with Crippen LogP contribution < -0.4 is 10.4 Å². The van der Waals surface area contributed by atoms with Gasteiger partial charge in [-0.3, -0.25) is 0 Å². The van der Waals surface area contributed by atoms with Crippen LogP contribution in [0, 0.1) is 0 Å². The van der Waals surface area contributed by atoms with Crippen molar-refractivity contribution in [1.29, 1.82) is 0 Å². The van der Waals surface area contributed by atoms with Crippen LogP contribution >= 0.6 is 0 Å². The molecule has 31 heavy (non-hydrogen) atoms. The second-order valence-corrected chi connectivity index (χ2v) is 6.55. The smallest absolute Gasteiger partial charge is 0.433 e. The van der Waals surface area contributed by atoms with E-state index in [1.165, 1.54) is 12.1 Å². The fourth-order valence-electron chi connectivity index (χ4n) is 3.19. The van der Waals surface area contributed by atoms with E-state index >= 15 is 0 Å². The lowest BCUT2D eigenvalue weighted by molar-refractivity contribution is -0.141. The molecule has 5 aromatic rings. The molecule has 0 radical (unpaired) electrons. The third-order valence-corrected chi connectivity index (χ3v) is 4.53. The van der Waals surface area contributed by atoms with Crippen molar-refractivity contribution in [2.45, 2.75) is 6.18 Å². The third-order valence-electron chi connectivity index (χ3n) is 4.53. The van der Waals surface area contributed by atoms with Crippen molar-refractivity contribution in [3.63, 3.8) is 0 Å². The number of alkyl halides is 3. The Morgan fingerprint density at radius 1 is 1.00 bits per heavy atom. The SMILES string of the molecule is O=c1cc(-c2ccccc2)c2ccc(Oc3cc(C(F)(F)F)nc4ncnn34)cc2o1. The zero-order chi connectivity index (χ0) is 21.6. The molecule has 7 nitrogen and oxygen atoms in total. The molecule has 3 aromatic heterocycles. The van der Waals surface area contributed by atoms with Crippen LogP contribution in [0.3, 0.4) is 0 Å². The van der Waals surface area contributed by atoms with E-state index in [-0.39, 0.29) is 23.0 Å². The molecule has 0 unspecified atom stereocenters. The molecule has 0 aliphatic carbocycles. The molecule has 0 spiro atoms. The highest BCUT2D eigenvalue weighted by Crippen LogP contribution is 2.34. The molecule has 2 aromatic carbocycles. The van der Waals surface area contributed by atoms with Gasteiger partial charge in [0.05, 0.1) is 0 Å². The minimum Gasteiger partial charge on any atom is -0.439 e. The van der Waals surface area contributed by atoms with Crippen LogP contribution in [0.1, 0.15) is 5.69 Å². The molecule has 10 heteroatoms. The number of nitrogens with zero attached hydrogens (tertiary/aromatic N) is 4. The predicted octanol–water partition coefficient (Wildman–Crippen LogP) is 4.71. The summed E-state index contributed by atoms with van der Waals surface area (Å²) < 4.78 is 51.5. The lowest BCUT2D eigenvalue weighted by Gasteiger charge is -2.11. The Hall–Kier alpha value is -4.21. The van der Waals surface area contributed by atoms with E-state index in [2.05, 4.69) is 15.1 Å². The number of aromatic nitrogens is 4. The lowest BCUT2D eigenvalue weighted by Crippen LogP contribution is -2.11. The van der Waals surface area contributed by atoms with Crippen LogP contribution in [0.5, 0.6) is 11.6 Å². The fraction of sp³-hybridized carbons (Fsp3) is 0.0476. The number of fused-ring (bicyclic) bond motifs is 2. The van der Waals surface area contributed by atoms with Crippen molar-refractivity contribution in [2.75, 3.05) is 0 Å². The van der Waals surface area contributed by atoms with Crippen molar-refractivity contribution in [3.8, 4) is 22.8 Å². The maximum Gasteiger partial charge on any atom is 0.433 e. The summed E-state index contributed by atoms with van der Waals surface area (Å²) in [6.07, 6.45) is -3.62. The van der Waals surface area contributed by atoms with Crippen LogP contribution in [-0.4, -0.2) is 19.6 Å². The maximum absolute atomic E-state index is 13.2. The summed E-state index contributed by atoms with van der Waals surface area (Å²) in [5, 5.41) is 4.49. The summed E-state index contributed by atoms with van der Waals surface area (Å²) in [7, 11) is 0. The highest BCUT2D eigenvalue weighted by Gasteiger charge is 2.34. The summed E-state index contributed by atoms with van der Waals surface area (Å²) in [5.41, 5.74) is -0.0152. The minimum absolute atomic E-state index is 0.150. The van der Waals surface area contributed by atoms with Crippen LogP contribution in [0.2, 0.25) is 0 Å². The maximum atomic E-state index is 13.2. The molecule has 0 bridgehead atoms. The average molecular weight is 424 g/mol. The molecule has 154 valence electrons. The summed E-state index contributed by atoms with van der Waals surface area (Å²) in [4.78, 5) is 19.2. The van der Waals surface area contributed by atoms with Gasteiger partial charge in [-0.2, -0.15) is 27.8 Å². The van der Waals surface area contributed by atoms with E-state index in [9.17, 15) is 18.0 Å². The van der Waals surface area contributed by atoms with Crippen LogP contribution in [0.4, 0.5) is 13.2 Å². The molecule has 0 fully saturated rings. The first kappa shape index (κ1) is 18.8. The van der Waals surface area contributed by atoms with Gasteiger partial charge in [0.25, 0.3) is 5.78 Å². The van der Waals surface area contributed by atoms with Gasteiger partial charge in [-0.1, -0.05) is 30.3 Å². The van der Waals surface area contributed by atoms with E-state index in [0.717, 1.165) is 22.5 Å². The third kappa shape index (κ3) is 3.48. The molecule has 0 atom stereocenters. The molecule has 5 rings (SSSR count). The van der Waals surface area contributed by atoms with Gasteiger partial charge >= 0.3 is 11.8 Å². The van der Waals surface area contributed by atoms with E-state index in [0.29, 0.717) is 10.9 Å². The summed E-state index contributed by atoms with van der Waals surface area (Å²) in [6.45, 7) is 0. The van der Waals surface area contributed by atoms with Gasteiger partial charge in [-0.25, -0.2) is 9.78 Å². The molecule has 0 N–H and O–H groups in total. The summed E-state index contributed by atoms with van der Waals surface area (Å²) >= 11 is 0. The number of hydrogen-bond acceptors (Lipinski definition) is 6. The van der Waals surface area contributed by atoms with Gasteiger partial charge in [0, 0.05) is 23.6 Å². The number of hydrogen-bond donors (Lipinski definition) is 0. The largest absolute Gasteiger partial charge is 0.439 e. The Morgan fingerprint density at radius 2 is 1.81 bits per heavy atom. The predicted molar refractivity (Wildman–Crippen MR) is 104 cm³/mol. The van der Waals surface area contributed by atoms with Gasteiger partial charge in [0.2, 0.25) is 5.88 Å². The average Bonchev–Trinajstić information content (AvgIpc) is 3.22. The Morgan fingerprint density at radius 3 is 2.58 bits per heavy atom. The first-order valence-electron chi connectivity index (χ1n) is 8.98. The molecular formula is C21H11F3N4O3. The first-order chi connectivity index (χ1) is 14.9. The molecular weight excluding hydrogens is 413 g/mol. The first-order valence-corrected chi connectivity index (χ1v) is 8.98. The van der Waals surface area contributed by atoms with Gasteiger partial charge < -0.3 is 9.15 Å². The molecule has 0 aliphatic rings. The van der Waals surface area contributed by atoms with Crippen LogP contribution in [0.15, 0.2) is 76.2 Å². The normalized spacial score (nSPS) is 11.8. The van der Waals surface area contributed by atoms with Gasteiger partial charge in [-0.15, -0.1) is 0 Å². The second kappa shape index (κ2) is 6.94. The standard InChI is InChI=1S/C21H11F3N4O3/c22-21(23,24)17-10-18(28-20(27-17)25-11-26-28)30-13-6-7-14-15(12-4-2-1-3-5-12)9-19(29)31-16(14)8-13/h1-11H. The molecule has 0 aliphatic heterocycles. The Kier molecular flexibility index (Phi) is 4.21. The highest BCUT2D eigenvalue weighted by molar-refractivity contribution is 5.93. The van der Waals surface area contributed by atoms with Crippen molar-refractivity contribution in [2.24, 2.45) is 0 Å². The topological polar surface area (TPSA) is 82.5 Å². The minimum atomic E-state index is -4.69. The molecule has 3 heterocycles. The summed E-state index contributed by atoms with van der Waals surface area (Å²) in [6, 6.07) is 16.0. The van der Waals surface area contributed by atoms with Crippen LogP contribution in [0.25, 0.3) is 27.9 Å². The van der Waals surface area contributed by atoms with Crippen molar-refractivity contribution in [1.82, 2.24) is 19.6 Å². The highest BCUT2D eigenvalue weighted by atomic mass is 19.4. The monoisotopic (exact) mass is 424 g/mol. The van der Waals surface area contributed by atoms with Gasteiger partial charge in [0.15, 0.2) is 5.69 Å². The van der Waals surface area contributed by atoms with Crippen molar-refractivity contribution >= 4 is 16.7 Å². The van der Waals surface area contributed by atoms with Gasteiger partial charge in [-0.05, 0) is 23.3 Å². The van der Waals surface area contributed by atoms with E-state index in [1.54, 1.807) is 12.1 Å². The number of benzene rings is 2.